The van der Waals surface area contributed by atoms with Crippen LogP contribution in [-0.4, -0.2) is 20.6 Å². The van der Waals surface area contributed by atoms with Gasteiger partial charge in [0.15, 0.2) is 11.2 Å². The average molecular weight is 339 g/mol. The van der Waals surface area contributed by atoms with Crippen molar-refractivity contribution in [3.8, 4) is 0 Å². The van der Waals surface area contributed by atoms with Gasteiger partial charge in [-0.05, 0) is 31.2 Å². The summed E-state index contributed by atoms with van der Waals surface area (Å²) in [5.41, 5.74) is 1.40. The molecule has 4 rings (SSSR count). The number of aryl methyl sites for hydroxylation is 1. The lowest BCUT2D eigenvalue weighted by molar-refractivity contribution is 0.0473. The Morgan fingerprint density at radius 2 is 1.88 bits per heavy atom. The van der Waals surface area contributed by atoms with Crippen LogP contribution < -0.4 is 11.1 Å². The van der Waals surface area contributed by atoms with E-state index in [0.29, 0.717) is 12.0 Å². The molecule has 2 N–H and O–H groups in total. The van der Waals surface area contributed by atoms with Crippen LogP contribution >= 0.6 is 0 Å². The monoisotopic (exact) mass is 339 g/mol. The van der Waals surface area contributed by atoms with Gasteiger partial charge in [0.1, 0.15) is 6.61 Å². The number of H-pyrrole nitrogens is 2. The molecule has 0 aliphatic heterocycles. The Morgan fingerprint density at radius 3 is 2.68 bits per heavy atom. The van der Waals surface area contributed by atoms with Crippen molar-refractivity contribution >= 4 is 11.6 Å². The topological polar surface area (TPSA) is 96.4 Å². The molecule has 1 aliphatic rings. The summed E-state index contributed by atoms with van der Waals surface area (Å²) in [7, 11) is 0. The first-order valence-electron chi connectivity index (χ1n) is 8.25. The largest absolute Gasteiger partial charge is 0.457 e. The second kappa shape index (κ2) is 6.08. The van der Waals surface area contributed by atoms with E-state index in [1.54, 1.807) is 0 Å². The zero-order chi connectivity index (χ0) is 17.4. The molecule has 2 aromatic heterocycles. The highest BCUT2D eigenvalue weighted by Crippen LogP contribution is 2.17. The van der Waals surface area contributed by atoms with Crippen molar-refractivity contribution in [3.05, 3.63) is 73.4 Å². The number of hydrogen-bond acceptors (Lipinski definition) is 4. The lowest BCUT2D eigenvalue weighted by Crippen LogP contribution is -2.25. The fraction of sp³-hybridized carbons (Fsp3) is 0.278. The number of esters is 1. The number of ether oxygens (including phenoxy) is 1. The van der Waals surface area contributed by atoms with E-state index in [1.165, 1.54) is 0 Å². The Hall–Kier alpha value is -3.09. The average Bonchev–Trinajstić information content (AvgIpc) is 2.97. The molecule has 0 bridgehead atoms. The number of benzene rings is 1. The molecule has 1 aromatic carbocycles. The van der Waals surface area contributed by atoms with E-state index in [2.05, 4.69) is 10.1 Å². The molecule has 3 aromatic rings. The number of aromatic nitrogens is 3. The first-order valence-corrected chi connectivity index (χ1v) is 8.25. The van der Waals surface area contributed by atoms with Crippen LogP contribution in [0.15, 0.2) is 39.9 Å². The minimum atomic E-state index is -0.751. The highest BCUT2D eigenvalue weighted by Gasteiger charge is 2.24. The molecular weight excluding hydrogens is 322 g/mol. The van der Waals surface area contributed by atoms with Crippen molar-refractivity contribution in [3.63, 3.8) is 0 Å². The molecule has 7 heteroatoms. The maximum Gasteiger partial charge on any atom is 0.348 e. The molecule has 0 saturated heterocycles. The Labute approximate surface area is 142 Å². The van der Waals surface area contributed by atoms with E-state index in [9.17, 15) is 14.4 Å². The maximum atomic E-state index is 12.6. The zero-order valence-electron chi connectivity index (χ0n) is 13.5. The number of nitrogens with one attached hydrogen (secondary N) is 2. The van der Waals surface area contributed by atoms with E-state index in [0.717, 1.165) is 35.0 Å². The second-order valence-corrected chi connectivity index (χ2v) is 6.16. The van der Waals surface area contributed by atoms with Crippen LogP contribution in [-0.2, 0) is 24.2 Å². The number of aromatic amines is 2. The van der Waals surface area contributed by atoms with Gasteiger partial charge in [0, 0.05) is 11.3 Å². The molecule has 0 amide bonds. The standard InChI is InChI=1S/C18H17N3O4/c22-16-14(18(24)25-10-11-6-2-1-3-7-11)15-19-13-9-5-4-8-12(13)17(23)21(15)20-16/h1-3,6-7,19H,4-5,8-10H2,(H,20,22). The Kier molecular flexibility index (Phi) is 3.76. The van der Waals surface area contributed by atoms with Crippen molar-refractivity contribution in [2.24, 2.45) is 0 Å². The van der Waals surface area contributed by atoms with Crippen LogP contribution in [0, 0.1) is 0 Å². The molecule has 0 radical (unpaired) electrons. The van der Waals surface area contributed by atoms with Gasteiger partial charge < -0.3 is 9.72 Å². The molecule has 25 heavy (non-hydrogen) atoms. The van der Waals surface area contributed by atoms with Gasteiger partial charge in [0.05, 0.1) is 0 Å². The minimum absolute atomic E-state index is 0.0611. The van der Waals surface area contributed by atoms with Crippen LogP contribution in [0.2, 0.25) is 0 Å². The molecule has 0 atom stereocenters. The summed E-state index contributed by atoms with van der Waals surface area (Å²) in [6.07, 6.45) is 3.33. The van der Waals surface area contributed by atoms with Gasteiger partial charge in [0.2, 0.25) is 0 Å². The molecule has 1 aliphatic carbocycles. The van der Waals surface area contributed by atoms with Gasteiger partial charge in [0.25, 0.3) is 11.1 Å². The molecule has 0 fully saturated rings. The summed E-state index contributed by atoms with van der Waals surface area (Å²) in [5.74, 6) is -0.751. The van der Waals surface area contributed by atoms with Crippen molar-refractivity contribution in [2.45, 2.75) is 32.3 Å². The number of fused-ring (bicyclic) bond motifs is 2. The van der Waals surface area contributed by atoms with Crippen molar-refractivity contribution in [2.75, 3.05) is 0 Å². The summed E-state index contributed by atoms with van der Waals surface area (Å²) in [4.78, 5) is 40.3. The molecular formula is C18H17N3O4. The predicted molar refractivity (Wildman–Crippen MR) is 90.8 cm³/mol. The first kappa shape index (κ1) is 15.4. The van der Waals surface area contributed by atoms with Gasteiger partial charge in [-0.2, -0.15) is 4.52 Å². The van der Waals surface area contributed by atoms with Crippen molar-refractivity contribution in [1.82, 2.24) is 14.6 Å². The highest BCUT2D eigenvalue weighted by molar-refractivity contribution is 5.95. The van der Waals surface area contributed by atoms with Crippen LogP contribution in [0.4, 0.5) is 0 Å². The van der Waals surface area contributed by atoms with Crippen molar-refractivity contribution < 1.29 is 9.53 Å². The van der Waals surface area contributed by atoms with Gasteiger partial charge >= 0.3 is 5.97 Å². The minimum Gasteiger partial charge on any atom is -0.457 e. The van der Waals surface area contributed by atoms with Crippen LogP contribution in [0.1, 0.15) is 40.0 Å². The van der Waals surface area contributed by atoms with E-state index in [1.807, 2.05) is 30.3 Å². The third kappa shape index (κ3) is 2.67. The Morgan fingerprint density at radius 1 is 1.12 bits per heavy atom. The van der Waals surface area contributed by atoms with E-state index < -0.39 is 11.5 Å². The molecule has 2 heterocycles. The normalized spacial score (nSPS) is 13.6. The molecule has 7 nitrogen and oxygen atoms in total. The molecule has 0 saturated carbocycles. The predicted octanol–water partition coefficient (Wildman–Crippen LogP) is 1.55. The zero-order valence-corrected chi connectivity index (χ0v) is 13.5. The molecule has 128 valence electrons. The quantitative estimate of drug-likeness (QED) is 0.708. The number of carbonyl (C=O) groups is 1. The number of hydrogen-bond donors (Lipinski definition) is 2. The van der Waals surface area contributed by atoms with Gasteiger partial charge in [-0.3, -0.25) is 14.7 Å². The lowest BCUT2D eigenvalue weighted by atomic mass is 9.97. The fourth-order valence-electron chi connectivity index (χ4n) is 3.25. The summed E-state index contributed by atoms with van der Waals surface area (Å²) in [6.45, 7) is 0.0611. The third-order valence-corrected chi connectivity index (χ3v) is 4.52. The van der Waals surface area contributed by atoms with Crippen molar-refractivity contribution in [1.29, 1.82) is 0 Å². The second-order valence-electron chi connectivity index (χ2n) is 6.16. The van der Waals surface area contributed by atoms with Crippen LogP contribution in [0.25, 0.3) is 5.65 Å². The number of carbonyl (C=O) groups excluding carboxylic acids is 1. The summed E-state index contributed by atoms with van der Waals surface area (Å²) < 4.78 is 6.37. The lowest BCUT2D eigenvalue weighted by Gasteiger charge is -2.15. The molecule has 0 spiro atoms. The Bertz CT molecular complexity index is 1060. The number of nitrogens with zero attached hydrogens (tertiary/aromatic N) is 1. The van der Waals surface area contributed by atoms with E-state index in [4.69, 9.17) is 4.74 Å². The summed E-state index contributed by atoms with van der Waals surface area (Å²) in [5, 5.41) is 2.44. The molecule has 0 unspecified atom stereocenters. The fourth-order valence-corrected chi connectivity index (χ4v) is 3.25. The summed E-state index contributed by atoms with van der Waals surface area (Å²) in [6, 6.07) is 9.20. The maximum absolute atomic E-state index is 12.6. The van der Waals surface area contributed by atoms with E-state index in [-0.39, 0.29) is 23.4 Å². The SMILES string of the molecule is O=C(OCc1ccccc1)c1c(=O)[nH]n2c(=O)c3c([nH]c12)CCCC3. The van der Waals surface area contributed by atoms with Crippen LogP contribution in [0.5, 0.6) is 0 Å². The summed E-state index contributed by atoms with van der Waals surface area (Å²) >= 11 is 0. The van der Waals surface area contributed by atoms with Crippen LogP contribution in [0.3, 0.4) is 0 Å². The first-order chi connectivity index (χ1) is 12.1. The highest BCUT2D eigenvalue weighted by atomic mass is 16.5. The smallest absolute Gasteiger partial charge is 0.348 e. The third-order valence-electron chi connectivity index (χ3n) is 4.52. The van der Waals surface area contributed by atoms with E-state index >= 15 is 0 Å². The number of rotatable bonds is 3. The van der Waals surface area contributed by atoms with Gasteiger partial charge in [-0.25, -0.2) is 4.79 Å². The van der Waals surface area contributed by atoms with Gasteiger partial charge in [-0.1, -0.05) is 30.3 Å². The van der Waals surface area contributed by atoms with Gasteiger partial charge in [-0.15, -0.1) is 0 Å². The Balaban J connectivity index is 1.73.